The minimum Gasteiger partial charge on any atom is -0.315 e. The molecule has 0 saturated carbocycles. The van der Waals surface area contributed by atoms with Crippen LogP contribution < -0.4 is 5.32 Å². The molecule has 0 bridgehead atoms. The molecule has 0 radical (unpaired) electrons. The first-order valence-corrected chi connectivity index (χ1v) is 4.67. The lowest BCUT2D eigenvalue weighted by molar-refractivity contribution is -0.123. The molecule has 0 aromatic carbocycles. The van der Waals surface area contributed by atoms with Gasteiger partial charge in [0.1, 0.15) is 0 Å². The average molecular weight is 218 g/mol. The van der Waals surface area contributed by atoms with Gasteiger partial charge in [0.2, 0.25) is 5.91 Å². The van der Waals surface area contributed by atoms with Crippen LogP contribution in [-0.2, 0) is 4.79 Å². The summed E-state index contributed by atoms with van der Waals surface area (Å²) in [7, 11) is 0. The minimum atomic E-state index is -0.649. The fourth-order valence-corrected chi connectivity index (χ4v) is 0.796. The third-order valence-corrected chi connectivity index (χ3v) is 2.36. The van der Waals surface area contributed by atoms with E-state index in [0.29, 0.717) is 5.82 Å². The van der Waals surface area contributed by atoms with Crippen LogP contribution in [0.15, 0.2) is 4.52 Å². The smallest absolute Gasteiger partial charge is 0.315 e. The van der Waals surface area contributed by atoms with Crippen LogP contribution in [0.2, 0.25) is 0 Å². The number of alkyl halides is 1. The number of anilines is 1. The van der Waals surface area contributed by atoms with E-state index in [-0.39, 0.29) is 17.8 Å². The van der Waals surface area contributed by atoms with Gasteiger partial charge in [0.15, 0.2) is 5.82 Å². The molecule has 1 amide bonds. The van der Waals surface area contributed by atoms with Gasteiger partial charge in [-0.15, -0.1) is 11.6 Å². The van der Waals surface area contributed by atoms with Crippen molar-refractivity contribution in [3.8, 4) is 0 Å². The lowest BCUT2D eigenvalue weighted by Crippen LogP contribution is -2.32. The Morgan fingerprint density at radius 3 is 2.71 bits per heavy atom. The zero-order chi connectivity index (χ0) is 10.8. The number of hydrogen-bond donors (Lipinski definition) is 1. The molecule has 0 aliphatic heterocycles. The molecule has 1 rings (SSSR count). The Kier molecular flexibility index (Phi) is 3.10. The third kappa shape index (κ3) is 2.45. The first kappa shape index (κ1) is 11.0. The molecule has 0 unspecified atom stereocenters. The Bertz CT molecular complexity index is 335. The second kappa shape index (κ2) is 3.96. The fraction of sp³-hybridized carbons (Fsp3) is 0.625. The number of carbonyl (C=O) groups is 1. The highest BCUT2D eigenvalue weighted by atomic mass is 35.5. The molecule has 14 heavy (non-hydrogen) atoms. The maximum absolute atomic E-state index is 11.6. The largest absolute Gasteiger partial charge is 0.328 e. The van der Waals surface area contributed by atoms with Gasteiger partial charge in [0.05, 0.1) is 5.41 Å². The van der Waals surface area contributed by atoms with Crippen molar-refractivity contribution in [3.63, 3.8) is 0 Å². The summed E-state index contributed by atoms with van der Waals surface area (Å²) in [5.41, 5.74) is -0.649. The van der Waals surface area contributed by atoms with E-state index < -0.39 is 5.41 Å². The van der Waals surface area contributed by atoms with Crippen molar-refractivity contribution in [2.75, 3.05) is 11.2 Å². The molecule has 0 saturated heterocycles. The number of aromatic nitrogens is 2. The molecular formula is C8H12ClN3O2. The molecule has 0 spiro atoms. The Labute approximate surface area is 86.8 Å². The lowest BCUT2D eigenvalue weighted by atomic mass is 9.95. The second-order valence-electron chi connectivity index (χ2n) is 3.62. The van der Waals surface area contributed by atoms with Crippen molar-refractivity contribution in [2.45, 2.75) is 20.8 Å². The standard InChI is InChI=1S/C8H12ClN3O2/c1-5-10-7(14-12-5)11-6(13)8(2,3)4-9/h4H2,1-3H3,(H,10,11,12,13). The van der Waals surface area contributed by atoms with E-state index in [1.165, 1.54) is 0 Å². The van der Waals surface area contributed by atoms with Crippen LogP contribution in [-0.4, -0.2) is 21.9 Å². The third-order valence-electron chi connectivity index (χ3n) is 1.70. The average Bonchev–Trinajstić information content (AvgIpc) is 2.51. The maximum atomic E-state index is 11.6. The van der Waals surface area contributed by atoms with Crippen molar-refractivity contribution >= 4 is 23.5 Å². The first-order valence-electron chi connectivity index (χ1n) is 4.13. The quantitative estimate of drug-likeness (QED) is 0.781. The number of hydrogen-bond acceptors (Lipinski definition) is 4. The van der Waals surface area contributed by atoms with Gasteiger partial charge >= 0.3 is 6.01 Å². The summed E-state index contributed by atoms with van der Waals surface area (Å²) < 4.78 is 4.74. The second-order valence-corrected chi connectivity index (χ2v) is 3.89. The molecule has 78 valence electrons. The van der Waals surface area contributed by atoms with E-state index in [1.54, 1.807) is 20.8 Å². The van der Waals surface area contributed by atoms with Gasteiger partial charge in [0, 0.05) is 5.88 Å². The molecule has 5 nitrogen and oxygen atoms in total. The predicted molar refractivity (Wildman–Crippen MR) is 52.2 cm³/mol. The molecule has 0 fully saturated rings. The highest BCUT2D eigenvalue weighted by Gasteiger charge is 2.27. The zero-order valence-electron chi connectivity index (χ0n) is 8.30. The molecule has 0 aliphatic rings. The van der Waals surface area contributed by atoms with Crippen LogP contribution in [0.3, 0.4) is 0 Å². The number of halogens is 1. The summed E-state index contributed by atoms with van der Waals surface area (Å²) >= 11 is 5.63. The van der Waals surface area contributed by atoms with Crippen LogP contribution in [0.4, 0.5) is 6.01 Å². The number of nitrogens with zero attached hydrogens (tertiary/aromatic N) is 2. The Balaban J connectivity index is 2.66. The van der Waals surface area contributed by atoms with Crippen molar-refractivity contribution in [3.05, 3.63) is 5.82 Å². The van der Waals surface area contributed by atoms with Crippen molar-refractivity contribution in [1.29, 1.82) is 0 Å². The van der Waals surface area contributed by atoms with Gasteiger partial charge in [-0.1, -0.05) is 5.16 Å². The number of rotatable bonds is 3. The van der Waals surface area contributed by atoms with Gasteiger partial charge in [-0.25, -0.2) is 0 Å². The van der Waals surface area contributed by atoms with E-state index in [1.807, 2.05) is 0 Å². The van der Waals surface area contributed by atoms with Gasteiger partial charge in [-0.2, -0.15) is 4.98 Å². The van der Waals surface area contributed by atoms with E-state index in [4.69, 9.17) is 16.1 Å². The fourth-order valence-electron chi connectivity index (χ4n) is 0.675. The monoisotopic (exact) mass is 217 g/mol. The summed E-state index contributed by atoms with van der Waals surface area (Å²) in [6.45, 7) is 5.14. The van der Waals surface area contributed by atoms with Crippen LogP contribution in [0, 0.1) is 12.3 Å². The van der Waals surface area contributed by atoms with E-state index >= 15 is 0 Å². The van der Waals surface area contributed by atoms with Crippen LogP contribution >= 0.6 is 11.6 Å². The van der Waals surface area contributed by atoms with Crippen LogP contribution in [0.1, 0.15) is 19.7 Å². The topological polar surface area (TPSA) is 68.0 Å². The lowest BCUT2D eigenvalue weighted by Gasteiger charge is -2.18. The molecular weight excluding hydrogens is 206 g/mol. The maximum Gasteiger partial charge on any atom is 0.328 e. The highest BCUT2D eigenvalue weighted by Crippen LogP contribution is 2.19. The summed E-state index contributed by atoms with van der Waals surface area (Å²) in [4.78, 5) is 15.4. The Morgan fingerprint density at radius 1 is 1.64 bits per heavy atom. The molecule has 1 aromatic heterocycles. The summed E-state index contributed by atoms with van der Waals surface area (Å²) in [6, 6.07) is 0.102. The summed E-state index contributed by atoms with van der Waals surface area (Å²) in [5, 5.41) is 6.03. The van der Waals surface area contributed by atoms with E-state index in [0.717, 1.165) is 0 Å². The number of nitrogens with one attached hydrogen (secondary N) is 1. The number of aryl methyl sites for hydroxylation is 1. The Hall–Kier alpha value is -1.10. The van der Waals surface area contributed by atoms with Gasteiger partial charge in [-0.05, 0) is 20.8 Å². The zero-order valence-corrected chi connectivity index (χ0v) is 9.05. The predicted octanol–water partition coefficient (Wildman–Crippen LogP) is 1.58. The van der Waals surface area contributed by atoms with Gasteiger partial charge in [-0.3, -0.25) is 10.1 Å². The molecule has 6 heteroatoms. The van der Waals surface area contributed by atoms with Crippen molar-refractivity contribution in [1.82, 2.24) is 10.1 Å². The van der Waals surface area contributed by atoms with E-state index in [2.05, 4.69) is 15.5 Å². The minimum absolute atomic E-state index is 0.102. The summed E-state index contributed by atoms with van der Waals surface area (Å²) in [6.07, 6.45) is 0. The molecule has 0 aliphatic carbocycles. The first-order chi connectivity index (χ1) is 6.45. The van der Waals surface area contributed by atoms with Crippen LogP contribution in [0.5, 0.6) is 0 Å². The van der Waals surface area contributed by atoms with Gasteiger partial charge < -0.3 is 4.52 Å². The molecule has 1 N–H and O–H groups in total. The summed E-state index contributed by atoms with van der Waals surface area (Å²) in [5.74, 6) is 0.464. The van der Waals surface area contributed by atoms with Crippen molar-refractivity contribution in [2.24, 2.45) is 5.41 Å². The molecule has 0 atom stereocenters. The van der Waals surface area contributed by atoms with E-state index in [9.17, 15) is 4.79 Å². The van der Waals surface area contributed by atoms with Crippen molar-refractivity contribution < 1.29 is 9.32 Å². The Morgan fingerprint density at radius 2 is 2.29 bits per heavy atom. The highest BCUT2D eigenvalue weighted by molar-refractivity contribution is 6.20. The number of amides is 1. The normalized spacial score (nSPS) is 11.4. The SMILES string of the molecule is Cc1noc(NC(=O)C(C)(C)CCl)n1. The molecule has 1 aromatic rings. The van der Waals surface area contributed by atoms with Gasteiger partial charge in [0.25, 0.3) is 0 Å². The number of carbonyl (C=O) groups excluding carboxylic acids is 1. The van der Waals surface area contributed by atoms with Crippen LogP contribution in [0.25, 0.3) is 0 Å². The molecule has 1 heterocycles.